The molecule has 1 spiro atoms. The second-order valence-electron chi connectivity index (χ2n) is 7.80. The number of hydrogen-bond donors (Lipinski definition) is 0. The van der Waals surface area contributed by atoms with Gasteiger partial charge < -0.3 is 9.42 Å². The first-order valence-corrected chi connectivity index (χ1v) is 9.40. The quantitative estimate of drug-likeness (QED) is 0.848. The van der Waals surface area contributed by atoms with E-state index in [4.69, 9.17) is 4.52 Å². The summed E-state index contributed by atoms with van der Waals surface area (Å²) in [5.74, 6) is 1.05. The van der Waals surface area contributed by atoms with E-state index < -0.39 is 0 Å². The van der Waals surface area contributed by atoms with Crippen LogP contribution in [0, 0.1) is 19.3 Å². The van der Waals surface area contributed by atoms with Gasteiger partial charge in [0.1, 0.15) is 5.76 Å². The maximum absolute atomic E-state index is 12.7. The number of aromatic nitrogens is 2. The summed E-state index contributed by atoms with van der Waals surface area (Å²) in [5.41, 5.74) is 3.20. The molecule has 0 aromatic carbocycles. The van der Waals surface area contributed by atoms with Gasteiger partial charge in [-0.2, -0.15) is 0 Å². The third-order valence-electron chi connectivity index (χ3n) is 6.11. The number of likely N-dealkylation sites (tertiary alicyclic amines) is 2. The lowest BCUT2D eigenvalue weighted by molar-refractivity contribution is 0.0712. The maximum atomic E-state index is 12.7. The van der Waals surface area contributed by atoms with Crippen molar-refractivity contribution < 1.29 is 9.32 Å². The fourth-order valence-corrected chi connectivity index (χ4v) is 4.33. The molecule has 2 aliphatic rings. The van der Waals surface area contributed by atoms with Crippen molar-refractivity contribution in [1.29, 1.82) is 0 Å². The number of rotatable bonds is 3. The molecule has 2 aromatic heterocycles. The molecule has 0 radical (unpaired) electrons. The molecule has 0 aliphatic carbocycles. The Hall–Kier alpha value is -2.21. The number of pyridine rings is 1. The van der Waals surface area contributed by atoms with E-state index in [0.29, 0.717) is 5.56 Å². The van der Waals surface area contributed by atoms with Crippen LogP contribution in [0.4, 0.5) is 0 Å². The molecule has 0 unspecified atom stereocenters. The van der Waals surface area contributed by atoms with Crippen molar-refractivity contribution in [1.82, 2.24) is 19.9 Å². The summed E-state index contributed by atoms with van der Waals surface area (Å²) in [6.45, 7) is 8.78. The standard InChI is InChI=1S/C20H26N4O2/c1-15-18(16(2)26-22-15)13-23-9-5-20(6-10-23)7-11-24(14-20)19(25)17-4-3-8-21-12-17/h3-4,8,12H,5-7,9-11,13-14H2,1-2H3. The minimum absolute atomic E-state index is 0.119. The highest BCUT2D eigenvalue weighted by Gasteiger charge is 2.42. The van der Waals surface area contributed by atoms with Crippen LogP contribution in [0.15, 0.2) is 29.0 Å². The zero-order valence-electron chi connectivity index (χ0n) is 15.6. The Morgan fingerprint density at radius 3 is 2.65 bits per heavy atom. The van der Waals surface area contributed by atoms with Gasteiger partial charge in [0, 0.05) is 37.6 Å². The van der Waals surface area contributed by atoms with E-state index in [2.05, 4.69) is 15.0 Å². The van der Waals surface area contributed by atoms with Crippen LogP contribution in [0.5, 0.6) is 0 Å². The van der Waals surface area contributed by atoms with Crippen LogP contribution in [0.2, 0.25) is 0 Å². The molecule has 1 amide bonds. The van der Waals surface area contributed by atoms with Gasteiger partial charge in [0.25, 0.3) is 5.91 Å². The van der Waals surface area contributed by atoms with Crippen molar-refractivity contribution in [2.24, 2.45) is 5.41 Å². The zero-order chi connectivity index (χ0) is 18.1. The van der Waals surface area contributed by atoms with Crippen LogP contribution in [-0.4, -0.2) is 52.0 Å². The SMILES string of the molecule is Cc1noc(C)c1CN1CCC2(CC1)CCN(C(=O)c1cccnc1)C2. The predicted molar refractivity (Wildman–Crippen MR) is 97.7 cm³/mol. The molecule has 138 valence electrons. The van der Waals surface area contributed by atoms with E-state index in [9.17, 15) is 4.79 Å². The van der Waals surface area contributed by atoms with Gasteiger partial charge in [-0.25, -0.2) is 0 Å². The Morgan fingerprint density at radius 1 is 1.23 bits per heavy atom. The molecule has 0 N–H and O–H groups in total. The zero-order valence-corrected chi connectivity index (χ0v) is 15.6. The molecule has 6 nitrogen and oxygen atoms in total. The van der Waals surface area contributed by atoms with Crippen LogP contribution in [-0.2, 0) is 6.54 Å². The van der Waals surface area contributed by atoms with Gasteiger partial charge in [-0.3, -0.25) is 14.7 Å². The second-order valence-corrected chi connectivity index (χ2v) is 7.80. The molecule has 4 rings (SSSR count). The Morgan fingerprint density at radius 2 is 2.00 bits per heavy atom. The largest absolute Gasteiger partial charge is 0.361 e. The Balaban J connectivity index is 1.35. The van der Waals surface area contributed by atoms with E-state index in [1.165, 1.54) is 5.56 Å². The molecule has 2 aliphatic heterocycles. The van der Waals surface area contributed by atoms with Crippen LogP contribution >= 0.6 is 0 Å². The normalized spacial score (nSPS) is 20.0. The lowest BCUT2D eigenvalue weighted by Crippen LogP contribution is -2.42. The van der Waals surface area contributed by atoms with Crippen molar-refractivity contribution in [3.8, 4) is 0 Å². The summed E-state index contributed by atoms with van der Waals surface area (Å²) in [5, 5.41) is 4.06. The minimum atomic E-state index is 0.119. The molecule has 2 aromatic rings. The second kappa shape index (κ2) is 6.83. The topological polar surface area (TPSA) is 62.5 Å². The fraction of sp³-hybridized carbons (Fsp3) is 0.550. The van der Waals surface area contributed by atoms with Crippen molar-refractivity contribution in [3.05, 3.63) is 47.1 Å². The number of nitrogens with zero attached hydrogens (tertiary/aromatic N) is 4. The predicted octanol–water partition coefficient (Wildman–Crippen LogP) is 2.81. The van der Waals surface area contributed by atoms with Gasteiger partial charge in [-0.1, -0.05) is 5.16 Å². The summed E-state index contributed by atoms with van der Waals surface area (Å²) in [6.07, 6.45) is 6.77. The van der Waals surface area contributed by atoms with E-state index in [0.717, 1.165) is 63.4 Å². The Bertz CT molecular complexity index is 759. The number of hydrogen-bond acceptors (Lipinski definition) is 5. The van der Waals surface area contributed by atoms with Crippen LogP contribution in [0.1, 0.15) is 46.6 Å². The molecule has 2 saturated heterocycles. The lowest BCUT2D eigenvalue weighted by atomic mass is 9.77. The molecular weight excluding hydrogens is 328 g/mol. The molecule has 0 bridgehead atoms. The number of carbonyl (C=O) groups is 1. The van der Waals surface area contributed by atoms with Crippen molar-refractivity contribution in [2.45, 2.75) is 39.7 Å². The summed E-state index contributed by atoms with van der Waals surface area (Å²) < 4.78 is 5.29. The maximum Gasteiger partial charge on any atom is 0.255 e. The number of piperidine rings is 1. The first-order chi connectivity index (χ1) is 12.6. The molecule has 0 atom stereocenters. The summed E-state index contributed by atoms with van der Waals surface area (Å²) >= 11 is 0. The third kappa shape index (κ3) is 3.26. The smallest absolute Gasteiger partial charge is 0.255 e. The Labute approximate surface area is 154 Å². The van der Waals surface area contributed by atoms with Crippen molar-refractivity contribution in [2.75, 3.05) is 26.2 Å². The monoisotopic (exact) mass is 354 g/mol. The minimum Gasteiger partial charge on any atom is -0.361 e. The van der Waals surface area contributed by atoms with Gasteiger partial charge in [0.05, 0.1) is 11.3 Å². The average molecular weight is 354 g/mol. The highest BCUT2D eigenvalue weighted by molar-refractivity contribution is 5.94. The average Bonchev–Trinajstić information content (AvgIpc) is 3.22. The lowest BCUT2D eigenvalue weighted by Gasteiger charge is -2.39. The van der Waals surface area contributed by atoms with Crippen molar-refractivity contribution in [3.63, 3.8) is 0 Å². The van der Waals surface area contributed by atoms with Crippen LogP contribution in [0.3, 0.4) is 0 Å². The van der Waals surface area contributed by atoms with Gasteiger partial charge in [-0.15, -0.1) is 0 Å². The molecule has 6 heteroatoms. The van der Waals surface area contributed by atoms with Crippen LogP contribution in [0.25, 0.3) is 0 Å². The molecule has 2 fully saturated rings. The summed E-state index contributed by atoms with van der Waals surface area (Å²) in [6, 6.07) is 3.68. The van der Waals surface area contributed by atoms with Gasteiger partial charge in [-0.05, 0) is 63.7 Å². The number of amides is 1. The molecular formula is C20H26N4O2. The highest BCUT2D eigenvalue weighted by Crippen LogP contribution is 2.41. The molecule has 26 heavy (non-hydrogen) atoms. The third-order valence-corrected chi connectivity index (χ3v) is 6.11. The van der Waals surface area contributed by atoms with E-state index in [-0.39, 0.29) is 11.3 Å². The van der Waals surface area contributed by atoms with Gasteiger partial charge in [0.2, 0.25) is 0 Å². The Kier molecular flexibility index (Phi) is 4.53. The molecule has 0 saturated carbocycles. The highest BCUT2D eigenvalue weighted by atomic mass is 16.5. The van der Waals surface area contributed by atoms with Gasteiger partial charge in [0.15, 0.2) is 0 Å². The van der Waals surface area contributed by atoms with E-state index in [1.807, 2.05) is 30.9 Å². The first-order valence-electron chi connectivity index (χ1n) is 9.40. The number of aryl methyl sites for hydroxylation is 2. The van der Waals surface area contributed by atoms with Crippen molar-refractivity contribution >= 4 is 5.91 Å². The van der Waals surface area contributed by atoms with E-state index >= 15 is 0 Å². The number of carbonyl (C=O) groups excluding carboxylic acids is 1. The summed E-state index contributed by atoms with van der Waals surface area (Å²) in [4.78, 5) is 21.3. The fourth-order valence-electron chi connectivity index (χ4n) is 4.33. The van der Waals surface area contributed by atoms with Gasteiger partial charge >= 0.3 is 0 Å². The van der Waals surface area contributed by atoms with Crippen LogP contribution < -0.4 is 0 Å². The first kappa shape index (κ1) is 17.2. The molecule has 4 heterocycles. The summed E-state index contributed by atoms with van der Waals surface area (Å²) in [7, 11) is 0. The van der Waals surface area contributed by atoms with E-state index in [1.54, 1.807) is 12.4 Å².